The van der Waals surface area contributed by atoms with E-state index < -0.39 is 7.60 Å². The van der Waals surface area contributed by atoms with E-state index in [2.05, 4.69) is 17.8 Å². The third kappa shape index (κ3) is 7.43. The minimum absolute atomic E-state index is 0. The van der Waals surface area contributed by atoms with Crippen LogP contribution in [0.15, 0.2) is 25.3 Å². The monoisotopic (exact) mass is 217 g/mol. The number of hydrogen-bond acceptors (Lipinski definition) is 4. The average Bonchev–Trinajstić information content (AvgIpc) is 2.11. The van der Waals surface area contributed by atoms with Crippen LogP contribution in [-0.4, -0.2) is 35.8 Å². The van der Waals surface area contributed by atoms with Gasteiger partial charge in [-0.1, -0.05) is 12.2 Å². The van der Waals surface area contributed by atoms with E-state index in [1.54, 1.807) is 6.08 Å². The van der Waals surface area contributed by atoms with E-state index in [1.165, 1.54) is 6.08 Å². The minimum atomic E-state index is -3.10. The number of allylic oxidation sites excluding steroid dienone is 1. The van der Waals surface area contributed by atoms with Crippen LogP contribution in [0, 0.1) is 0 Å². The van der Waals surface area contributed by atoms with Crippen molar-refractivity contribution in [3.05, 3.63) is 25.3 Å². The molecule has 4 nitrogen and oxygen atoms in total. The molecule has 0 aromatic rings. The molecule has 0 heterocycles. The van der Waals surface area contributed by atoms with Gasteiger partial charge in [-0.05, 0) is 6.42 Å². The molecule has 0 aliphatic carbocycles. The Labute approximate surface area is 97.8 Å². The molecule has 0 aliphatic heterocycles. The number of hydrogen-bond donors (Lipinski definition) is 1. The predicted molar refractivity (Wildman–Crippen MR) is 56.7 cm³/mol. The Morgan fingerprint density at radius 3 is 2.46 bits per heavy atom. The van der Waals surface area contributed by atoms with Gasteiger partial charge in [0.15, 0.2) is 0 Å². The summed E-state index contributed by atoms with van der Waals surface area (Å²) < 4.78 is 20.6. The van der Waals surface area contributed by atoms with Crippen LogP contribution < -0.4 is 5.90 Å². The summed E-state index contributed by atoms with van der Waals surface area (Å²) in [6, 6.07) is 0. The van der Waals surface area contributed by atoms with Gasteiger partial charge in [-0.3, -0.25) is 4.57 Å². The second-order valence-corrected chi connectivity index (χ2v) is 4.24. The second kappa shape index (κ2) is 8.93. The minimum Gasteiger partial charge on any atom is -1.00 e. The van der Waals surface area contributed by atoms with Gasteiger partial charge in [0.2, 0.25) is 0 Å². The first kappa shape index (κ1) is 15.8. The summed E-state index contributed by atoms with van der Waals surface area (Å²) in [4.78, 5) is 0. The van der Waals surface area contributed by atoms with Crippen molar-refractivity contribution in [3.63, 3.8) is 0 Å². The molecular formula is C7H16MgNO3P. The third-order valence-electron chi connectivity index (χ3n) is 1.16. The van der Waals surface area contributed by atoms with Crippen LogP contribution in [0.25, 0.3) is 0 Å². The molecule has 2 N–H and O–H groups in total. The van der Waals surface area contributed by atoms with Gasteiger partial charge in [0, 0.05) is 0 Å². The standard InChI is InChI=1S/C7H14NO3P.Mg.2H/c1-3-5-7-12(9,11-8)10-6-4-2;;;/h3-4H,1-2,5-8H2;;;/q;+2;2*-1. The van der Waals surface area contributed by atoms with Crippen molar-refractivity contribution in [1.29, 1.82) is 0 Å². The summed E-state index contributed by atoms with van der Waals surface area (Å²) in [6.07, 6.45) is 3.91. The van der Waals surface area contributed by atoms with Crippen molar-refractivity contribution < 1.29 is 16.6 Å². The van der Waals surface area contributed by atoms with Crippen LogP contribution in [-0.2, 0) is 13.7 Å². The van der Waals surface area contributed by atoms with Crippen molar-refractivity contribution >= 4 is 30.6 Å². The molecule has 0 saturated carbocycles. The van der Waals surface area contributed by atoms with Crippen molar-refractivity contribution in [2.24, 2.45) is 5.90 Å². The maximum absolute atomic E-state index is 11.4. The van der Waals surface area contributed by atoms with E-state index in [0.717, 1.165) is 0 Å². The fourth-order valence-corrected chi connectivity index (χ4v) is 1.69. The van der Waals surface area contributed by atoms with Gasteiger partial charge in [-0.25, -0.2) is 10.5 Å². The zero-order valence-electron chi connectivity index (χ0n) is 9.65. The fraction of sp³-hybridized carbons (Fsp3) is 0.429. The predicted octanol–water partition coefficient (Wildman–Crippen LogP) is 1.69. The van der Waals surface area contributed by atoms with Gasteiger partial charge in [0.05, 0.1) is 12.8 Å². The molecule has 0 radical (unpaired) electrons. The molecule has 13 heavy (non-hydrogen) atoms. The largest absolute Gasteiger partial charge is 2.00 e. The molecule has 1 unspecified atom stereocenters. The fourth-order valence-electron chi connectivity index (χ4n) is 0.563. The van der Waals surface area contributed by atoms with Crippen molar-refractivity contribution in [1.82, 2.24) is 0 Å². The number of nitrogens with two attached hydrogens (primary N) is 1. The summed E-state index contributed by atoms with van der Waals surface area (Å²) in [7, 11) is -3.10. The van der Waals surface area contributed by atoms with E-state index in [4.69, 9.17) is 10.4 Å². The maximum atomic E-state index is 11.4. The Balaban J connectivity index is -0.000000202. The van der Waals surface area contributed by atoms with Crippen LogP contribution in [0.5, 0.6) is 0 Å². The van der Waals surface area contributed by atoms with Crippen molar-refractivity contribution in [2.45, 2.75) is 6.42 Å². The van der Waals surface area contributed by atoms with Crippen molar-refractivity contribution in [3.8, 4) is 0 Å². The first-order valence-electron chi connectivity index (χ1n) is 3.52. The Hall–Kier alpha value is 0.356. The molecule has 0 aliphatic rings. The SMILES string of the molecule is C=CCCP(=O)(ON)OCC=C.[H-].[H-].[Mg+2]. The van der Waals surface area contributed by atoms with Gasteiger partial charge in [0.25, 0.3) is 0 Å². The molecule has 0 amide bonds. The van der Waals surface area contributed by atoms with E-state index in [0.29, 0.717) is 6.42 Å². The summed E-state index contributed by atoms with van der Waals surface area (Å²) in [5, 5.41) is 0. The van der Waals surface area contributed by atoms with E-state index in [9.17, 15) is 4.57 Å². The molecule has 0 spiro atoms. The second-order valence-electron chi connectivity index (χ2n) is 2.10. The van der Waals surface area contributed by atoms with Gasteiger partial charge in [-0.15, -0.1) is 13.2 Å². The zero-order valence-corrected chi connectivity index (χ0v) is 9.96. The summed E-state index contributed by atoms with van der Waals surface area (Å²) in [5.74, 6) is 4.83. The Bertz CT molecular complexity index is 191. The van der Waals surface area contributed by atoms with E-state index >= 15 is 0 Å². The molecule has 0 aromatic carbocycles. The molecular weight excluding hydrogens is 201 g/mol. The van der Waals surface area contributed by atoms with E-state index in [-0.39, 0.29) is 38.7 Å². The molecule has 0 bridgehead atoms. The topological polar surface area (TPSA) is 61.5 Å². The van der Waals surface area contributed by atoms with Gasteiger partial charge in [-0.2, -0.15) is 0 Å². The molecule has 0 aromatic heterocycles. The zero-order chi connectivity index (χ0) is 9.45. The molecule has 74 valence electrons. The third-order valence-corrected chi connectivity index (χ3v) is 2.83. The van der Waals surface area contributed by atoms with Gasteiger partial charge >= 0.3 is 30.6 Å². The summed E-state index contributed by atoms with van der Waals surface area (Å²) in [6.45, 7) is 7.07. The smallest absolute Gasteiger partial charge is 1.00 e. The Morgan fingerprint density at radius 2 is 2.08 bits per heavy atom. The molecule has 0 saturated heterocycles. The Morgan fingerprint density at radius 1 is 1.46 bits per heavy atom. The maximum Gasteiger partial charge on any atom is 2.00 e. The normalized spacial score (nSPS) is 13.9. The number of rotatable bonds is 7. The molecule has 6 heteroatoms. The van der Waals surface area contributed by atoms with Crippen LogP contribution in [0.2, 0.25) is 0 Å². The Kier molecular flexibility index (Phi) is 10.9. The average molecular weight is 217 g/mol. The summed E-state index contributed by atoms with van der Waals surface area (Å²) in [5.41, 5.74) is 0. The first-order chi connectivity index (χ1) is 5.68. The molecule has 0 fully saturated rings. The van der Waals surface area contributed by atoms with Gasteiger partial charge < -0.3 is 7.38 Å². The van der Waals surface area contributed by atoms with E-state index in [1.807, 2.05) is 0 Å². The molecule has 0 rings (SSSR count). The van der Waals surface area contributed by atoms with Crippen molar-refractivity contribution in [2.75, 3.05) is 12.8 Å². The van der Waals surface area contributed by atoms with Crippen LogP contribution in [0.1, 0.15) is 9.27 Å². The van der Waals surface area contributed by atoms with Gasteiger partial charge in [0.1, 0.15) is 0 Å². The quantitative estimate of drug-likeness (QED) is 0.305. The summed E-state index contributed by atoms with van der Waals surface area (Å²) >= 11 is 0. The molecule has 1 atom stereocenters. The first-order valence-corrected chi connectivity index (χ1v) is 5.25. The van der Waals surface area contributed by atoms with Crippen LogP contribution >= 0.6 is 7.60 Å². The van der Waals surface area contributed by atoms with Crippen LogP contribution in [0.3, 0.4) is 0 Å². The van der Waals surface area contributed by atoms with Crippen LogP contribution in [0.4, 0.5) is 0 Å².